The van der Waals surface area contributed by atoms with Crippen LogP contribution in [0.3, 0.4) is 0 Å². The average molecular weight is 198 g/mol. The van der Waals surface area contributed by atoms with Gasteiger partial charge in [-0.15, -0.1) is 0 Å². The molecule has 2 N–H and O–H groups in total. The molecule has 0 saturated carbocycles. The van der Waals surface area contributed by atoms with Crippen LogP contribution in [0, 0.1) is 6.92 Å². The van der Waals surface area contributed by atoms with Gasteiger partial charge < -0.3 is 5.32 Å². The van der Waals surface area contributed by atoms with Crippen molar-refractivity contribution in [3.63, 3.8) is 0 Å². The maximum atomic E-state index is 11.5. The highest BCUT2D eigenvalue weighted by atomic mass is 32.2. The van der Waals surface area contributed by atoms with E-state index in [9.17, 15) is 4.21 Å². The van der Waals surface area contributed by atoms with Gasteiger partial charge in [-0.2, -0.15) is 0 Å². The molecule has 1 aromatic rings. The largest absolute Gasteiger partial charge is 0.388 e. The first-order valence-corrected chi connectivity index (χ1v) is 5.21. The summed E-state index contributed by atoms with van der Waals surface area (Å²) in [7, 11) is 2.42. The van der Waals surface area contributed by atoms with E-state index in [2.05, 4.69) is 10.0 Å². The van der Waals surface area contributed by atoms with Gasteiger partial charge in [-0.3, -0.25) is 0 Å². The Morgan fingerprint density at radius 1 is 1.31 bits per heavy atom. The van der Waals surface area contributed by atoms with Crippen LogP contribution < -0.4 is 10.0 Å². The summed E-state index contributed by atoms with van der Waals surface area (Å²) in [6.07, 6.45) is 0. The fourth-order valence-electron chi connectivity index (χ4n) is 1.07. The summed E-state index contributed by atoms with van der Waals surface area (Å²) in [5, 5.41) is 3.01. The van der Waals surface area contributed by atoms with Gasteiger partial charge in [0, 0.05) is 12.7 Å². The predicted octanol–water partition coefficient (Wildman–Crippen LogP) is 1.28. The van der Waals surface area contributed by atoms with E-state index < -0.39 is 11.0 Å². The van der Waals surface area contributed by atoms with Crippen molar-refractivity contribution in [2.75, 3.05) is 19.4 Å². The smallest absolute Gasteiger partial charge is 0.124 e. The highest BCUT2D eigenvalue weighted by Crippen LogP contribution is 2.17. The van der Waals surface area contributed by atoms with Gasteiger partial charge in [0.2, 0.25) is 0 Å². The third-order valence-electron chi connectivity index (χ3n) is 1.86. The molecular weight excluding hydrogens is 184 g/mol. The van der Waals surface area contributed by atoms with Crippen LogP contribution in [0.15, 0.2) is 23.1 Å². The molecule has 0 spiro atoms. The van der Waals surface area contributed by atoms with E-state index in [1.807, 2.05) is 32.2 Å². The normalized spacial score (nSPS) is 12.5. The highest BCUT2D eigenvalue weighted by molar-refractivity contribution is 7.83. The van der Waals surface area contributed by atoms with Crippen molar-refractivity contribution < 1.29 is 4.21 Å². The van der Waals surface area contributed by atoms with E-state index in [0.717, 1.165) is 16.1 Å². The lowest BCUT2D eigenvalue weighted by atomic mass is 10.2. The molecule has 4 heteroatoms. The van der Waals surface area contributed by atoms with Crippen molar-refractivity contribution >= 4 is 16.7 Å². The first-order valence-electron chi connectivity index (χ1n) is 4.06. The summed E-state index contributed by atoms with van der Waals surface area (Å²) in [5.74, 6) is 0. The van der Waals surface area contributed by atoms with E-state index in [1.54, 1.807) is 7.05 Å². The van der Waals surface area contributed by atoms with Crippen molar-refractivity contribution in [3.8, 4) is 0 Å². The van der Waals surface area contributed by atoms with Gasteiger partial charge in [0.15, 0.2) is 0 Å². The summed E-state index contributed by atoms with van der Waals surface area (Å²) in [6, 6.07) is 5.81. The zero-order valence-corrected chi connectivity index (χ0v) is 8.87. The number of hydrogen-bond donors (Lipinski definition) is 2. The van der Waals surface area contributed by atoms with Crippen LogP contribution >= 0.6 is 0 Å². The molecular formula is C9H14N2OS. The van der Waals surface area contributed by atoms with Gasteiger partial charge in [0.1, 0.15) is 11.0 Å². The molecule has 0 amide bonds. The Balaban J connectivity index is 3.11. The molecule has 0 aliphatic heterocycles. The summed E-state index contributed by atoms with van der Waals surface area (Å²) < 4.78 is 14.2. The molecule has 0 saturated heterocycles. The second-order valence-electron chi connectivity index (χ2n) is 2.70. The van der Waals surface area contributed by atoms with Crippen molar-refractivity contribution in [3.05, 3.63) is 23.8 Å². The Morgan fingerprint density at radius 2 is 2.00 bits per heavy atom. The quantitative estimate of drug-likeness (QED) is 0.768. The Kier molecular flexibility index (Phi) is 3.45. The molecule has 1 aromatic carbocycles. The van der Waals surface area contributed by atoms with Gasteiger partial charge >= 0.3 is 0 Å². The number of nitrogens with one attached hydrogen (secondary N) is 2. The van der Waals surface area contributed by atoms with Crippen molar-refractivity contribution in [2.45, 2.75) is 11.8 Å². The molecule has 1 unspecified atom stereocenters. The molecule has 0 aromatic heterocycles. The van der Waals surface area contributed by atoms with E-state index in [0.29, 0.717) is 0 Å². The van der Waals surface area contributed by atoms with Crippen molar-refractivity contribution in [2.24, 2.45) is 0 Å². The lowest BCUT2D eigenvalue weighted by Crippen LogP contribution is -2.11. The van der Waals surface area contributed by atoms with Crippen LogP contribution in [0.25, 0.3) is 0 Å². The van der Waals surface area contributed by atoms with Crippen LogP contribution in [-0.2, 0) is 11.0 Å². The number of aryl methyl sites for hydroxylation is 1. The fourth-order valence-corrected chi connectivity index (χ4v) is 1.88. The Bertz CT molecular complexity index is 325. The highest BCUT2D eigenvalue weighted by Gasteiger charge is 2.05. The first-order chi connectivity index (χ1) is 6.19. The molecule has 3 nitrogen and oxygen atoms in total. The monoisotopic (exact) mass is 198 g/mol. The minimum atomic E-state index is -1.10. The maximum absolute atomic E-state index is 11.5. The van der Waals surface area contributed by atoms with Crippen LogP contribution in [0.5, 0.6) is 0 Å². The number of rotatable bonds is 3. The summed E-state index contributed by atoms with van der Waals surface area (Å²) >= 11 is 0. The fraction of sp³-hybridized carbons (Fsp3) is 0.333. The van der Waals surface area contributed by atoms with Gasteiger partial charge in [-0.05, 0) is 31.7 Å². The second-order valence-corrected chi connectivity index (χ2v) is 4.09. The van der Waals surface area contributed by atoms with Crippen molar-refractivity contribution in [1.82, 2.24) is 4.72 Å². The molecule has 1 atom stereocenters. The first kappa shape index (κ1) is 10.2. The van der Waals surface area contributed by atoms with E-state index in [-0.39, 0.29) is 0 Å². The van der Waals surface area contributed by atoms with E-state index in [4.69, 9.17) is 0 Å². The molecule has 0 aliphatic carbocycles. The average Bonchev–Trinajstić information content (AvgIpc) is 2.17. The van der Waals surface area contributed by atoms with Crippen LogP contribution in [0.2, 0.25) is 0 Å². The standard InChI is InChI=1S/C9H14N2OS/c1-7-4-5-8(10-2)6-9(7)13(12)11-3/h4-6,10-11H,1-3H3. The maximum Gasteiger partial charge on any atom is 0.124 e. The lowest BCUT2D eigenvalue weighted by Gasteiger charge is -2.07. The van der Waals surface area contributed by atoms with Crippen LogP contribution in [0.1, 0.15) is 5.56 Å². The lowest BCUT2D eigenvalue weighted by molar-refractivity contribution is 0.677. The molecule has 1 rings (SSSR count). The minimum Gasteiger partial charge on any atom is -0.388 e. The van der Waals surface area contributed by atoms with Gasteiger partial charge in [-0.1, -0.05) is 6.07 Å². The summed E-state index contributed by atoms with van der Waals surface area (Å²) in [5.41, 5.74) is 2.01. The molecule has 0 bridgehead atoms. The van der Waals surface area contributed by atoms with E-state index >= 15 is 0 Å². The summed E-state index contributed by atoms with van der Waals surface area (Å²) in [4.78, 5) is 0.828. The Morgan fingerprint density at radius 3 is 2.54 bits per heavy atom. The second kappa shape index (κ2) is 4.39. The minimum absolute atomic E-state index is 0.828. The Hall–Kier alpha value is -0.870. The SMILES string of the molecule is CNc1ccc(C)c(S(=O)NC)c1. The molecule has 72 valence electrons. The van der Waals surface area contributed by atoms with E-state index in [1.165, 1.54) is 0 Å². The summed E-state index contributed by atoms with van der Waals surface area (Å²) in [6.45, 7) is 1.95. The molecule has 13 heavy (non-hydrogen) atoms. The Labute approximate surface area is 81.1 Å². The zero-order chi connectivity index (χ0) is 9.84. The number of hydrogen-bond acceptors (Lipinski definition) is 2. The molecule has 0 radical (unpaired) electrons. The van der Waals surface area contributed by atoms with Crippen LogP contribution in [0.4, 0.5) is 5.69 Å². The van der Waals surface area contributed by atoms with Gasteiger partial charge in [0.25, 0.3) is 0 Å². The molecule has 0 heterocycles. The topological polar surface area (TPSA) is 41.1 Å². The zero-order valence-electron chi connectivity index (χ0n) is 8.05. The predicted molar refractivity (Wildman–Crippen MR) is 56.2 cm³/mol. The van der Waals surface area contributed by atoms with Crippen molar-refractivity contribution in [1.29, 1.82) is 0 Å². The van der Waals surface area contributed by atoms with Gasteiger partial charge in [0.05, 0.1) is 4.90 Å². The third kappa shape index (κ3) is 2.29. The number of anilines is 1. The van der Waals surface area contributed by atoms with Gasteiger partial charge in [-0.25, -0.2) is 8.93 Å². The van der Waals surface area contributed by atoms with Crippen LogP contribution in [-0.4, -0.2) is 18.3 Å². The third-order valence-corrected chi connectivity index (χ3v) is 3.07. The number of benzene rings is 1. The molecule has 0 fully saturated rings. The molecule has 0 aliphatic rings.